The van der Waals surface area contributed by atoms with Gasteiger partial charge in [-0.1, -0.05) is 30.3 Å². The van der Waals surface area contributed by atoms with Gasteiger partial charge < -0.3 is 9.64 Å². The van der Waals surface area contributed by atoms with Crippen LogP contribution in [0.4, 0.5) is 4.39 Å². The van der Waals surface area contributed by atoms with E-state index in [0.717, 1.165) is 43.8 Å². The minimum absolute atomic E-state index is 0.0884. The molecule has 2 aliphatic rings. The Balaban J connectivity index is 1.34. The average molecular weight is 411 g/mol. The predicted octanol–water partition coefficient (Wildman–Crippen LogP) is 4.15. The van der Waals surface area contributed by atoms with Gasteiger partial charge in [-0.25, -0.2) is 4.39 Å². The second kappa shape index (κ2) is 9.17. The Hall–Kier alpha value is -2.40. The summed E-state index contributed by atoms with van der Waals surface area (Å²) in [5.41, 5.74) is 0.739. The molecule has 5 heteroatoms. The average Bonchev–Trinajstić information content (AvgIpc) is 2.72. The minimum atomic E-state index is -0.290. The van der Waals surface area contributed by atoms with Crippen LogP contribution < -0.4 is 4.74 Å². The first kappa shape index (κ1) is 20.9. The van der Waals surface area contributed by atoms with Crippen LogP contribution in [0.1, 0.15) is 32.3 Å². The Labute approximate surface area is 178 Å². The van der Waals surface area contributed by atoms with Gasteiger partial charge in [-0.05, 0) is 62.4 Å². The van der Waals surface area contributed by atoms with Crippen molar-refractivity contribution < 1.29 is 13.9 Å². The SMILES string of the molecule is CC(C)N1C[C@H](Oc2ccccc2)[C@@H]1C1CCN(C(=O)Cc2cccc(F)c2)CC1. The van der Waals surface area contributed by atoms with Crippen LogP contribution in [0.3, 0.4) is 0 Å². The molecule has 1 amide bonds. The summed E-state index contributed by atoms with van der Waals surface area (Å²) in [7, 11) is 0. The van der Waals surface area contributed by atoms with E-state index < -0.39 is 0 Å². The number of likely N-dealkylation sites (tertiary alicyclic amines) is 2. The van der Waals surface area contributed by atoms with Crippen LogP contribution in [0.25, 0.3) is 0 Å². The van der Waals surface area contributed by atoms with E-state index in [0.29, 0.717) is 18.0 Å². The number of hydrogen-bond acceptors (Lipinski definition) is 3. The lowest BCUT2D eigenvalue weighted by molar-refractivity contribution is -0.135. The van der Waals surface area contributed by atoms with Crippen molar-refractivity contribution in [1.82, 2.24) is 9.80 Å². The van der Waals surface area contributed by atoms with E-state index in [-0.39, 0.29) is 24.2 Å². The van der Waals surface area contributed by atoms with E-state index in [1.807, 2.05) is 41.3 Å². The molecule has 0 aliphatic carbocycles. The molecule has 2 fully saturated rings. The number of nitrogens with zero attached hydrogens (tertiary/aromatic N) is 2. The molecule has 0 bridgehead atoms. The number of hydrogen-bond donors (Lipinski definition) is 0. The quantitative estimate of drug-likeness (QED) is 0.717. The molecule has 2 saturated heterocycles. The number of halogens is 1. The molecule has 2 atom stereocenters. The fraction of sp³-hybridized carbons (Fsp3) is 0.480. The van der Waals surface area contributed by atoms with Crippen molar-refractivity contribution in [3.63, 3.8) is 0 Å². The number of ether oxygens (including phenoxy) is 1. The van der Waals surface area contributed by atoms with E-state index in [2.05, 4.69) is 18.7 Å². The summed E-state index contributed by atoms with van der Waals surface area (Å²) in [5.74, 6) is 1.25. The zero-order valence-electron chi connectivity index (χ0n) is 17.8. The second-order valence-corrected chi connectivity index (χ2v) is 8.78. The van der Waals surface area contributed by atoms with Crippen LogP contribution in [-0.2, 0) is 11.2 Å². The Bertz CT molecular complexity index is 849. The number of piperidine rings is 1. The summed E-state index contributed by atoms with van der Waals surface area (Å²) in [6.07, 6.45) is 2.44. The summed E-state index contributed by atoms with van der Waals surface area (Å²) in [6, 6.07) is 17.3. The number of amides is 1. The highest BCUT2D eigenvalue weighted by Crippen LogP contribution is 2.36. The van der Waals surface area contributed by atoms with Crippen LogP contribution in [0.2, 0.25) is 0 Å². The maximum absolute atomic E-state index is 13.4. The van der Waals surface area contributed by atoms with E-state index in [9.17, 15) is 9.18 Å². The highest BCUT2D eigenvalue weighted by Gasteiger charge is 2.47. The predicted molar refractivity (Wildman–Crippen MR) is 116 cm³/mol. The number of rotatable bonds is 6. The Morgan fingerprint density at radius 2 is 1.83 bits per heavy atom. The van der Waals surface area contributed by atoms with Gasteiger partial charge in [-0.2, -0.15) is 0 Å². The van der Waals surface area contributed by atoms with Crippen molar-refractivity contribution in [1.29, 1.82) is 0 Å². The third-order valence-electron chi connectivity index (χ3n) is 6.47. The molecule has 4 rings (SSSR count). The maximum Gasteiger partial charge on any atom is 0.226 e. The third kappa shape index (κ3) is 4.67. The normalized spacial score (nSPS) is 22.7. The van der Waals surface area contributed by atoms with E-state index in [4.69, 9.17) is 4.74 Å². The monoisotopic (exact) mass is 410 g/mol. The molecule has 0 spiro atoms. The van der Waals surface area contributed by atoms with Crippen molar-refractivity contribution >= 4 is 5.91 Å². The smallest absolute Gasteiger partial charge is 0.226 e. The number of benzene rings is 2. The second-order valence-electron chi connectivity index (χ2n) is 8.78. The van der Waals surface area contributed by atoms with Gasteiger partial charge in [0.05, 0.1) is 12.5 Å². The minimum Gasteiger partial charge on any atom is -0.487 e. The first-order valence-corrected chi connectivity index (χ1v) is 11.0. The van der Waals surface area contributed by atoms with Gasteiger partial charge in [0.2, 0.25) is 5.91 Å². The standard InChI is InChI=1S/C25H31FN2O2/c1-18(2)28-17-23(30-22-9-4-3-5-10-22)25(28)20-11-13-27(14-12-20)24(29)16-19-7-6-8-21(26)15-19/h3-10,15,18,20,23,25H,11-14,16-17H2,1-2H3/t23-,25-/m0/s1. The van der Waals surface area contributed by atoms with Crippen molar-refractivity contribution in [2.75, 3.05) is 19.6 Å². The Morgan fingerprint density at radius 3 is 2.50 bits per heavy atom. The summed E-state index contributed by atoms with van der Waals surface area (Å²) in [5, 5.41) is 0. The van der Waals surface area contributed by atoms with Gasteiger partial charge in [0.1, 0.15) is 17.7 Å². The molecule has 4 nitrogen and oxygen atoms in total. The lowest BCUT2D eigenvalue weighted by Gasteiger charge is -2.54. The molecule has 2 aromatic rings. The van der Waals surface area contributed by atoms with Gasteiger partial charge in [0.15, 0.2) is 0 Å². The fourth-order valence-corrected chi connectivity index (χ4v) is 4.85. The number of para-hydroxylation sites is 1. The number of carbonyl (C=O) groups is 1. The van der Waals surface area contributed by atoms with E-state index >= 15 is 0 Å². The summed E-state index contributed by atoms with van der Waals surface area (Å²) in [4.78, 5) is 17.2. The van der Waals surface area contributed by atoms with Crippen LogP contribution >= 0.6 is 0 Å². The van der Waals surface area contributed by atoms with Gasteiger partial charge in [-0.15, -0.1) is 0 Å². The van der Waals surface area contributed by atoms with Crippen molar-refractivity contribution in [2.24, 2.45) is 5.92 Å². The highest BCUT2D eigenvalue weighted by molar-refractivity contribution is 5.78. The van der Waals surface area contributed by atoms with Crippen LogP contribution in [0.5, 0.6) is 5.75 Å². The molecule has 30 heavy (non-hydrogen) atoms. The van der Waals surface area contributed by atoms with Crippen molar-refractivity contribution in [3.05, 3.63) is 66.0 Å². The van der Waals surface area contributed by atoms with Gasteiger partial charge in [0.25, 0.3) is 0 Å². The van der Waals surface area contributed by atoms with Crippen LogP contribution in [0.15, 0.2) is 54.6 Å². The molecular weight excluding hydrogens is 379 g/mol. The van der Waals surface area contributed by atoms with Gasteiger partial charge in [0, 0.05) is 25.7 Å². The molecule has 0 radical (unpaired) electrons. The molecule has 160 valence electrons. The maximum atomic E-state index is 13.4. The van der Waals surface area contributed by atoms with Gasteiger partial charge >= 0.3 is 0 Å². The fourth-order valence-electron chi connectivity index (χ4n) is 4.85. The third-order valence-corrected chi connectivity index (χ3v) is 6.47. The molecule has 2 aliphatic heterocycles. The van der Waals surface area contributed by atoms with Crippen molar-refractivity contribution in [2.45, 2.75) is 51.3 Å². The summed E-state index contributed by atoms with van der Waals surface area (Å²) in [6.45, 7) is 6.96. The van der Waals surface area contributed by atoms with E-state index in [1.165, 1.54) is 12.1 Å². The largest absolute Gasteiger partial charge is 0.487 e. The zero-order valence-corrected chi connectivity index (χ0v) is 17.8. The Morgan fingerprint density at radius 1 is 1.10 bits per heavy atom. The first-order chi connectivity index (χ1) is 14.5. The van der Waals surface area contributed by atoms with Crippen molar-refractivity contribution in [3.8, 4) is 5.75 Å². The molecular formula is C25H31FN2O2. The van der Waals surface area contributed by atoms with E-state index in [1.54, 1.807) is 6.07 Å². The molecule has 0 unspecified atom stereocenters. The van der Waals surface area contributed by atoms with Gasteiger partial charge in [-0.3, -0.25) is 9.69 Å². The molecule has 0 N–H and O–H groups in total. The first-order valence-electron chi connectivity index (χ1n) is 11.0. The lowest BCUT2D eigenvalue weighted by Crippen LogP contribution is -2.68. The van der Waals surface area contributed by atoms with Crippen LogP contribution in [-0.4, -0.2) is 53.5 Å². The molecule has 2 aromatic carbocycles. The Kier molecular flexibility index (Phi) is 6.38. The topological polar surface area (TPSA) is 32.8 Å². The molecule has 2 heterocycles. The molecule has 0 saturated carbocycles. The highest BCUT2D eigenvalue weighted by atomic mass is 19.1. The summed E-state index contributed by atoms with van der Waals surface area (Å²) < 4.78 is 19.7. The number of carbonyl (C=O) groups excluding carboxylic acids is 1. The zero-order chi connectivity index (χ0) is 21.1. The molecule has 0 aromatic heterocycles. The lowest BCUT2D eigenvalue weighted by atomic mass is 9.79. The summed E-state index contributed by atoms with van der Waals surface area (Å²) >= 11 is 0. The van der Waals surface area contributed by atoms with Crippen LogP contribution in [0, 0.1) is 11.7 Å².